The molecule has 3 fully saturated rings. The number of carbonyl (C=O) groups is 2. The first-order valence-electron chi connectivity index (χ1n) is 10.6. The maximum atomic E-state index is 13.3. The molecule has 1 aliphatic carbocycles. The monoisotopic (exact) mass is 387 g/mol. The Morgan fingerprint density at radius 1 is 1.04 bits per heavy atom. The summed E-state index contributed by atoms with van der Waals surface area (Å²) in [7, 11) is 0. The number of benzene rings is 1. The summed E-state index contributed by atoms with van der Waals surface area (Å²) in [6.45, 7) is 3.90. The average Bonchev–Trinajstić information content (AvgIpc) is 3.57. The van der Waals surface area contributed by atoms with E-state index in [0.29, 0.717) is 24.4 Å². The van der Waals surface area contributed by atoms with E-state index in [1.807, 2.05) is 11.0 Å². The normalized spacial score (nSPS) is 24.2. The number of nitrogens with zero attached hydrogens (tertiary/aromatic N) is 2. The van der Waals surface area contributed by atoms with Gasteiger partial charge in [0.1, 0.15) is 5.82 Å². The molecule has 1 N–H and O–H groups in total. The van der Waals surface area contributed by atoms with Gasteiger partial charge in [-0.3, -0.25) is 14.5 Å². The molecular formula is C22H30FN3O2. The van der Waals surface area contributed by atoms with Crippen molar-refractivity contribution in [3.63, 3.8) is 0 Å². The van der Waals surface area contributed by atoms with Crippen LogP contribution in [-0.2, 0) is 16.1 Å². The van der Waals surface area contributed by atoms with E-state index in [1.54, 1.807) is 6.07 Å². The van der Waals surface area contributed by atoms with Gasteiger partial charge in [-0.05, 0) is 62.8 Å². The zero-order chi connectivity index (χ0) is 19.5. The third kappa shape index (κ3) is 4.72. The van der Waals surface area contributed by atoms with E-state index in [-0.39, 0.29) is 17.6 Å². The third-order valence-corrected chi connectivity index (χ3v) is 6.40. The van der Waals surface area contributed by atoms with Gasteiger partial charge in [0, 0.05) is 38.1 Å². The first kappa shape index (κ1) is 19.4. The van der Waals surface area contributed by atoms with Crippen molar-refractivity contribution >= 4 is 11.8 Å². The lowest BCUT2D eigenvalue weighted by atomic mass is 9.93. The fourth-order valence-electron chi connectivity index (χ4n) is 4.57. The SMILES string of the molecule is O=C(NCc1cccc(F)c1)[C@@H]1CCCN(C2CCN(C(=O)C3CC3)CC2)C1. The molecule has 6 heteroatoms. The summed E-state index contributed by atoms with van der Waals surface area (Å²) in [5, 5.41) is 2.98. The Morgan fingerprint density at radius 2 is 1.82 bits per heavy atom. The number of hydrogen-bond donors (Lipinski definition) is 1. The van der Waals surface area contributed by atoms with Gasteiger partial charge in [0.15, 0.2) is 0 Å². The van der Waals surface area contributed by atoms with Gasteiger partial charge < -0.3 is 10.2 Å². The molecule has 0 unspecified atom stereocenters. The molecule has 3 aliphatic rings. The molecular weight excluding hydrogens is 357 g/mol. The minimum absolute atomic E-state index is 0.00608. The summed E-state index contributed by atoms with van der Waals surface area (Å²) in [6.07, 6.45) is 6.09. The van der Waals surface area contributed by atoms with Crippen LogP contribution in [0, 0.1) is 17.7 Å². The van der Waals surface area contributed by atoms with E-state index in [9.17, 15) is 14.0 Å². The Labute approximate surface area is 166 Å². The highest BCUT2D eigenvalue weighted by Gasteiger charge is 2.37. The summed E-state index contributed by atoms with van der Waals surface area (Å²) in [6, 6.07) is 6.84. The molecule has 0 radical (unpaired) electrons. The lowest BCUT2D eigenvalue weighted by Gasteiger charge is -2.42. The standard InChI is InChI=1S/C22H30FN3O2/c23-19-5-1-3-16(13-19)14-24-21(27)18-4-2-10-26(15-18)20-8-11-25(12-9-20)22(28)17-6-7-17/h1,3,5,13,17-18,20H,2,4,6-12,14-15H2,(H,24,27)/t18-/m1/s1. The molecule has 2 aliphatic heterocycles. The van der Waals surface area contributed by atoms with Crippen molar-refractivity contribution in [2.45, 2.75) is 51.1 Å². The van der Waals surface area contributed by atoms with E-state index in [0.717, 1.165) is 70.3 Å². The largest absolute Gasteiger partial charge is 0.352 e. The average molecular weight is 387 g/mol. The summed E-state index contributed by atoms with van der Waals surface area (Å²) < 4.78 is 13.3. The second-order valence-electron chi connectivity index (χ2n) is 8.51. The van der Waals surface area contributed by atoms with Crippen LogP contribution in [0.2, 0.25) is 0 Å². The topological polar surface area (TPSA) is 52.7 Å². The molecule has 1 saturated carbocycles. The lowest BCUT2D eigenvalue weighted by Crippen LogP contribution is -2.51. The van der Waals surface area contributed by atoms with Crippen LogP contribution in [-0.4, -0.2) is 53.8 Å². The van der Waals surface area contributed by atoms with E-state index < -0.39 is 0 Å². The molecule has 0 bridgehead atoms. The molecule has 28 heavy (non-hydrogen) atoms. The Morgan fingerprint density at radius 3 is 2.54 bits per heavy atom. The molecule has 1 atom stereocenters. The van der Waals surface area contributed by atoms with Gasteiger partial charge in [-0.1, -0.05) is 12.1 Å². The fraction of sp³-hybridized carbons (Fsp3) is 0.636. The van der Waals surface area contributed by atoms with Gasteiger partial charge >= 0.3 is 0 Å². The first-order valence-corrected chi connectivity index (χ1v) is 10.6. The predicted molar refractivity (Wildman–Crippen MR) is 105 cm³/mol. The molecule has 5 nitrogen and oxygen atoms in total. The van der Waals surface area contributed by atoms with Crippen LogP contribution in [0.15, 0.2) is 24.3 Å². The van der Waals surface area contributed by atoms with Crippen molar-refractivity contribution in [3.05, 3.63) is 35.6 Å². The molecule has 0 aromatic heterocycles. The van der Waals surface area contributed by atoms with Gasteiger partial charge in [-0.25, -0.2) is 4.39 Å². The van der Waals surface area contributed by atoms with E-state index >= 15 is 0 Å². The summed E-state index contributed by atoms with van der Waals surface area (Å²) in [5.74, 6) is 0.440. The van der Waals surface area contributed by atoms with Crippen LogP contribution < -0.4 is 5.32 Å². The number of hydrogen-bond acceptors (Lipinski definition) is 3. The van der Waals surface area contributed by atoms with Gasteiger partial charge in [0.2, 0.25) is 11.8 Å². The zero-order valence-electron chi connectivity index (χ0n) is 16.4. The Balaban J connectivity index is 1.24. The molecule has 4 rings (SSSR count). The van der Waals surface area contributed by atoms with Crippen molar-refractivity contribution in [2.75, 3.05) is 26.2 Å². The summed E-state index contributed by atoms with van der Waals surface area (Å²) >= 11 is 0. The number of halogens is 1. The quantitative estimate of drug-likeness (QED) is 0.845. The minimum Gasteiger partial charge on any atom is -0.352 e. The fourth-order valence-corrected chi connectivity index (χ4v) is 4.57. The van der Waals surface area contributed by atoms with Crippen molar-refractivity contribution in [3.8, 4) is 0 Å². The second-order valence-corrected chi connectivity index (χ2v) is 8.51. The second kappa shape index (κ2) is 8.60. The first-order chi connectivity index (χ1) is 13.6. The molecule has 152 valence electrons. The Hall–Kier alpha value is -1.95. The van der Waals surface area contributed by atoms with Crippen LogP contribution >= 0.6 is 0 Å². The van der Waals surface area contributed by atoms with Gasteiger partial charge in [0.25, 0.3) is 0 Å². The maximum Gasteiger partial charge on any atom is 0.225 e. The highest BCUT2D eigenvalue weighted by Crippen LogP contribution is 2.32. The van der Waals surface area contributed by atoms with Crippen LogP contribution in [0.25, 0.3) is 0 Å². The molecule has 2 heterocycles. The number of piperidine rings is 2. The van der Waals surface area contributed by atoms with Crippen molar-refractivity contribution in [2.24, 2.45) is 11.8 Å². The lowest BCUT2D eigenvalue weighted by molar-refractivity contribution is -0.134. The predicted octanol–water partition coefficient (Wildman–Crippen LogP) is 2.55. The molecule has 2 saturated heterocycles. The Kier molecular flexibility index (Phi) is 5.95. The van der Waals surface area contributed by atoms with Gasteiger partial charge in [-0.2, -0.15) is 0 Å². The van der Waals surface area contributed by atoms with Crippen molar-refractivity contribution in [1.29, 1.82) is 0 Å². The van der Waals surface area contributed by atoms with E-state index in [4.69, 9.17) is 0 Å². The van der Waals surface area contributed by atoms with Crippen molar-refractivity contribution in [1.82, 2.24) is 15.1 Å². The van der Waals surface area contributed by atoms with E-state index in [2.05, 4.69) is 10.2 Å². The minimum atomic E-state index is -0.276. The molecule has 0 spiro atoms. The number of amides is 2. The number of carbonyl (C=O) groups excluding carboxylic acids is 2. The van der Waals surface area contributed by atoms with Crippen molar-refractivity contribution < 1.29 is 14.0 Å². The zero-order valence-corrected chi connectivity index (χ0v) is 16.4. The smallest absolute Gasteiger partial charge is 0.225 e. The Bertz CT molecular complexity index is 713. The highest BCUT2D eigenvalue weighted by molar-refractivity contribution is 5.81. The molecule has 2 amide bonds. The van der Waals surface area contributed by atoms with Crippen LogP contribution in [0.1, 0.15) is 44.1 Å². The number of rotatable bonds is 5. The third-order valence-electron chi connectivity index (χ3n) is 6.40. The van der Waals surface area contributed by atoms with Crippen LogP contribution in [0.3, 0.4) is 0 Å². The van der Waals surface area contributed by atoms with Crippen LogP contribution in [0.5, 0.6) is 0 Å². The summed E-state index contributed by atoms with van der Waals surface area (Å²) in [5.41, 5.74) is 0.786. The number of likely N-dealkylation sites (tertiary alicyclic amines) is 2. The molecule has 1 aromatic carbocycles. The number of nitrogens with one attached hydrogen (secondary N) is 1. The van der Waals surface area contributed by atoms with Gasteiger partial charge in [-0.15, -0.1) is 0 Å². The van der Waals surface area contributed by atoms with Gasteiger partial charge in [0.05, 0.1) is 5.92 Å². The maximum absolute atomic E-state index is 13.3. The highest BCUT2D eigenvalue weighted by atomic mass is 19.1. The van der Waals surface area contributed by atoms with Crippen LogP contribution in [0.4, 0.5) is 4.39 Å². The van der Waals surface area contributed by atoms with E-state index in [1.165, 1.54) is 12.1 Å². The summed E-state index contributed by atoms with van der Waals surface area (Å²) in [4.78, 5) is 29.4. The molecule has 1 aromatic rings.